The minimum atomic E-state index is -3.71. The van der Waals surface area contributed by atoms with Crippen LogP contribution in [-0.2, 0) is 10.0 Å². The molecule has 2 aromatic carbocycles. The van der Waals surface area contributed by atoms with Crippen LogP contribution in [0.3, 0.4) is 0 Å². The molecule has 0 bridgehead atoms. The van der Waals surface area contributed by atoms with E-state index in [2.05, 4.69) is 20.7 Å². The molecule has 20 heavy (non-hydrogen) atoms. The first-order valence-electron chi connectivity index (χ1n) is 5.63. The molecule has 0 aliphatic carbocycles. The van der Waals surface area contributed by atoms with Gasteiger partial charge in [-0.15, -0.1) is 0 Å². The van der Waals surface area contributed by atoms with Crippen LogP contribution in [-0.4, -0.2) is 8.42 Å². The fourth-order valence-corrected chi connectivity index (χ4v) is 3.66. The molecule has 106 valence electrons. The van der Waals surface area contributed by atoms with Gasteiger partial charge in [-0.1, -0.05) is 17.7 Å². The molecule has 4 nitrogen and oxygen atoms in total. The summed E-state index contributed by atoms with van der Waals surface area (Å²) in [6.45, 7) is 1.92. The molecule has 7 heteroatoms. The van der Waals surface area contributed by atoms with Crippen LogP contribution in [0.2, 0.25) is 5.02 Å². The number of sulfonamides is 1. The van der Waals surface area contributed by atoms with E-state index in [1.165, 1.54) is 18.2 Å². The molecule has 0 aromatic heterocycles. The number of halogens is 2. The van der Waals surface area contributed by atoms with E-state index < -0.39 is 10.0 Å². The highest BCUT2D eigenvalue weighted by molar-refractivity contribution is 9.10. The second kappa shape index (κ2) is 5.63. The van der Waals surface area contributed by atoms with Crippen molar-refractivity contribution in [2.45, 2.75) is 11.8 Å². The lowest BCUT2D eigenvalue weighted by atomic mass is 10.2. The van der Waals surface area contributed by atoms with Crippen molar-refractivity contribution in [3.05, 3.63) is 51.5 Å². The highest BCUT2D eigenvalue weighted by atomic mass is 79.9. The Bertz CT molecular complexity index is 763. The summed E-state index contributed by atoms with van der Waals surface area (Å²) in [6, 6.07) is 9.52. The van der Waals surface area contributed by atoms with Crippen LogP contribution in [0.25, 0.3) is 0 Å². The minimum Gasteiger partial charge on any atom is -0.398 e. The van der Waals surface area contributed by atoms with E-state index in [0.717, 1.165) is 5.56 Å². The van der Waals surface area contributed by atoms with Crippen LogP contribution in [0.5, 0.6) is 0 Å². The minimum absolute atomic E-state index is 0.0594. The van der Waals surface area contributed by atoms with Crippen LogP contribution in [0.4, 0.5) is 11.4 Å². The maximum atomic E-state index is 12.3. The van der Waals surface area contributed by atoms with Gasteiger partial charge in [0, 0.05) is 4.47 Å². The molecule has 0 aliphatic heterocycles. The van der Waals surface area contributed by atoms with Crippen LogP contribution in [0.15, 0.2) is 45.8 Å². The van der Waals surface area contributed by atoms with Crippen molar-refractivity contribution in [2.75, 3.05) is 10.5 Å². The first-order chi connectivity index (χ1) is 9.29. The highest BCUT2D eigenvalue weighted by Gasteiger charge is 2.16. The molecular formula is C13H12BrClN2O2S. The van der Waals surface area contributed by atoms with Gasteiger partial charge in [0.1, 0.15) is 0 Å². The van der Waals surface area contributed by atoms with E-state index in [9.17, 15) is 8.42 Å². The number of rotatable bonds is 3. The average molecular weight is 376 g/mol. The molecule has 0 spiro atoms. The Morgan fingerprint density at radius 3 is 2.50 bits per heavy atom. The predicted molar refractivity (Wildman–Crippen MR) is 85.6 cm³/mol. The number of anilines is 2. The third-order valence-electron chi connectivity index (χ3n) is 2.65. The van der Waals surface area contributed by atoms with Crippen molar-refractivity contribution in [3.63, 3.8) is 0 Å². The Labute approximate surface area is 131 Å². The molecule has 0 fully saturated rings. The molecule has 2 aromatic rings. The van der Waals surface area contributed by atoms with Crippen LogP contribution >= 0.6 is 27.5 Å². The van der Waals surface area contributed by atoms with Gasteiger partial charge in [-0.25, -0.2) is 8.42 Å². The summed E-state index contributed by atoms with van der Waals surface area (Å²) < 4.78 is 27.7. The van der Waals surface area contributed by atoms with Crippen molar-refractivity contribution >= 4 is 48.9 Å². The second-order valence-electron chi connectivity index (χ2n) is 4.27. The van der Waals surface area contributed by atoms with E-state index >= 15 is 0 Å². The first-order valence-corrected chi connectivity index (χ1v) is 8.29. The molecule has 0 radical (unpaired) electrons. The zero-order valence-electron chi connectivity index (χ0n) is 10.5. The first kappa shape index (κ1) is 15.2. The number of nitrogen functional groups attached to an aromatic ring is 1. The zero-order chi connectivity index (χ0) is 14.9. The van der Waals surface area contributed by atoms with E-state index in [-0.39, 0.29) is 9.92 Å². The predicted octanol–water partition coefficient (Wildman–Crippen LogP) is 3.79. The fraction of sp³-hybridized carbons (Fsp3) is 0.0769. The molecule has 0 saturated heterocycles. The lowest BCUT2D eigenvalue weighted by Crippen LogP contribution is -2.13. The van der Waals surface area contributed by atoms with E-state index in [4.69, 9.17) is 17.3 Å². The third-order valence-corrected chi connectivity index (χ3v) is 5.00. The molecule has 2 rings (SSSR count). The molecule has 0 heterocycles. The number of aryl methyl sites for hydroxylation is 1. The molecule has 0 atom stereocenters. The summed E-state index contributed by atoms with van der Waals surface area (Å²) in [5.74, 6) is 0. The maximum absolute atomic E-state index is 12.3. The smallest absolute Gasteiger partial charge is 0.261 e. The largest absolute Gasteiger partial charge is 0.398 e. The molecule has 3 N–H and O–H groups in total. The lowest BCUT2D eigenvalue weighted by molar-refractivity contribution is 0.601. The van der Waals surface area contributed by atoms with E-state index in [0.29, 0.717) is 15.8 Å². The van der Waals surface area contributed by atoms with Crippen molar-refractivity contribution in [1.29, 1.82) is 0 Å². The number of nitrogens with one attached hydrogen (secondary N) is 1. The average Bonchev–Trinajstić information content (AvgIpc) is 2.36. The SMILES string of the molecule is Cc1ccc(NS(=O)(=O)c2ccc(N)c(Cl)c2)c(Br)c1. The summed E-state index contributed by atoms with van der Waals surface area (Å²) in [4.78, 5) is 0.0594. The van der Waals surface area contributed by atoms with Gasteiger partial charge in [0.2, 0.25) is 0 Å². The van der Waals surface area contributed by atoms with Crippen LogP contribution < -0.4 is 10.5 Å². The molecule has 0 amide bonds. The summed E-state index contributed by atoms with van der Waals surface area (Å²) in [7, 11) is -3.71. The van der Waals surface area contributed by atoms with Crippen molar-refractivity contribution in [3.8, 4) is 0 Å². The molecule has 0 saturated carbocycles. The molecule has 0 unspecified atom stereocenters. The van der Waals surface area contributed by atoms with Gasteiger partial charge in [-0.05, 0) is 58.7 Å². The van der Waals surface area contributed by atoms with Crippen LogP contribution in [0, 0.1) is 6.92 Å². The third kappa shape index (κ3) is 3.26. The normalized spacial score (nSPS) is 11.3. The second-order valence-corrected chi connectivity index (χ2v) is 7.22. The van der Waals surface area contributed by atoms with Gasteiger partial charge in [0.15, 0.2) is 0 Å². The van der Waals surface area contributed by atoms with Gasteiger partial charge in [0.05, 0.1) is 21.3 Å². The van der Waals surface area contributed by atoms with Gasteiger partial charge in [-0.3, -0.25) is 4.72 Å². The molecule has 0 aliphatic rings. The summed E-state index contributed by atoms with van der Waals surface area (Å²) >= 11 is 9.17. The topological polar surface area (TPSA) is 72.2 Å². The number of hydrogen-bond acceptors (Lipinski definition) is 3. The quantitative estimate of drug-likeness (QED) is 0.802. The lowest BCUT2D eigenvalue weighted by Gasteiger charge is -2.11. The zero-order valence-corrected chi connectivity index (χ0v) is 13.7. The van der Waals surface area contributed by atoms with Gasteiger partial charge in [0.25, 0.3) is 10.0 Å². The Balaban J connectivity index is 2.38. The van der Waals surface area contributed by atoms with Crippen LogP contribution in [0.1, 0.15) is 5.56 Å². The summed E-state index contributed by atoms with van der Waals surface area (Å²) in [6.07, 6.45) is 0. The van der Waals surface area contributed by atoms with E-state index in [1.807, 2.05) is 19.1 Å². The van der Waals surface area contributed by atoms with Gasteiger partial charge < -0.3 is 5.73 Å². The number of benzene rings is 2. The summed E-state index contributed by atoms with van der Waals surface area (Å²) in [5.41, 5.74) is 7.39. The Kier molecular flexibility index (Phi) is 4.27. The van der Waals surface area contributed by atoms with Gasteiger partial charge >= 0.3 is 0 Å². The number of hydrogen-bond donors (Lipinski definition) is 2. The van der Waals surface area contributed by atoms with Gasteiger partial charge in [-0.2, -0.15) is 0 Å². The Hall–Kier alpha value is -1.24. The monoisotopic (exact) mass is 374 g/mol. The fourth-order valence-electron chi connectivity index (χ4n) is 1.58. The highest BCUT2D eigenvalue weighted by Crippen LogP contribution is 2.28. The Morgan fingerprint density at radius 2 is 1.90 bits per heavy atom. The van der Waals surface area contributed by atoms with Crippen molar-refractivity contribution < 1.29 is 8.42 Å². The molecular weight excluding hydrogens is 364 g/mol. The Morgan fingerprint density at radius 1 is 1.20 bits per heavy atom. The van der Waals surface area contributed by atoms with Crippen molar-refractivity contribution in [1.82, 2.24) is 0 Å². The maximum Gasteiger partial charge on any atom is 0.261 e. The standard InChI is InChI=1S/C13H12BrClN2O2S/c1-8-2-5-13(10(14)6-8)17-20(18,19)9-3-4-12(16)11(15)7-9/h2-7,17H,16H2,1H3. The summed E-state index contributed by atoms with van der Waals surface area (Å²) in [5, 5.41) is 0.204. The van der Waals surface area contributed by atoms with E-state index in [1.54, 1.807) is 6.07 Å². The number of nitrogens with two attached hydrogens (primary N) is 1. The van der Waals surface area contributed by atoms with Crippen molar-refractivity contribution in [2.24, 2.45) is 0 Å².